The second-order valence-electron chi connectivity index (χ2n) is 6.01. The van der Waals surface area contributed by atoms with Crippen molar-refractivity contribution in [3.8, 4) is 0 Å². The summed E-state index contributed by atoms with van der Waals surface area (Å²) in [5, 5.41) is 3.62. The highest BCUT2D eigenvalue weighted by atomic mass is 15.2. The van der Waals surface area contributed by atoms with Crippen LogP contribution in [0.25, 0.3) is 0 Å². The summed E-state index contributed by atoms with van der Waals surface area (Å²) in [4.78, 5) is 2.68. The SMILES string of the molecule is CCCCCCN(CC(C)C)CC1CCCN1. The number of hydrogen-bond acceptors (Lipinski definition) is 2. The normalized spacial score (nSPS) is 20.6. The number of rotatable bonds is 9. The summed E-state index contributed by atoms with van der Waals surface area (Å²) >= 11 is 0. The fraction of sp³-hybridized carbons (Fsp3) is 1.00. The second-order valence-corrected chi connectivity index (χ2v) is 6.01. The minimum atomic E-state index is 0.764. The Morgan fingerprint density at radius 2 is 2.06 bits per heavy atom. The maximum absolute atomic E-state index is 3.62. The van der Waals surface area contributed by atoms with Crippen molar-refractivity contribution < 1.29 is 0 Å². The highest BCUT2D eigenvalue weighted by molar-refractivity contribution is 4.78. The lowest BCUT2D eigenvalue weighted by molar-refractivity contribution is 0.219. The van der Waals surface area contributed by atoms with E-state index >= 15 is 0 Å². The molecule has 0 aromatic heterocycles. The minimum Gasteiger partial charge on any atom is -0.313 e. The predicted octanol–water partition coefficient (Wildman–Crippen LogP) is 3.28. The summed E-state index contributed by atoms with van der Waals surface area (Å²) in [5.74, 6) is 0.794. The van der Waals surface area contributed by atoms with E-state index in [1.807, 2.05) is 0 Å². The molecule has 0 aromatic carbocycles. The van der Waals surface area contributed by atoms with Gasteiger partial charge in [0.05, 0.1) is 0 Å². The fourth-order valence-corrected chi connectivity index (χ4v) is 2.76. The van der Waals surface area contributed by atoms with Gasteiger partial charge < -0.3 is 10.2 Å². The molecule has 0 bridgehead atoms. The maximum atomic E-state index is 3.62. The second kappa shape index (κ2) is 8.93. The molecule has 1 unspecified atom stereocenters. The average Bonchev–Trinajstić information content (AvgIpc) is 2.76. The first-order chi connectivity index (χ1) is 8.22. The molecule has 0 spiro atoms. The molecule has 102 valence electrons. The quantitative estimate of drug-likeness (QED) is 0.622. The van der Waals surface area contributed by atoms with Crippen molar-refractivity contribution >= 4 is 0 Å². The Hall–Kier alpha value is -0.0800. The van der Waals surface area contributed by atoms with E-state index in [1.54, 1.807) is 0 Å². The molecule has 1 aliphatic heterocycles. The Balaban J connectivity index is 2.21. The van der Waals surface area contributed by atoms with E-state index in [2.05, 4.69) is 31.0 Å². The van der Waals surface area contributed by atoms with Crippen molar-refractivity contribution in [2.75, 3.05) is 26.2 Å². The molecule has 1 heterocycles. The van der Waals surface area contributed by atoms with Gasteiger partial charge in [-0.2, -0.15) is 0 Å². The van der Waals surface area contributed by atoms with Gasteiger partial charge in [-0.05, 0) is 38.3 Å². The molecular formula is C15H32N2. The number of unbranched alkanes of at least 4 members (excludes halogenated alkanes) is 3. The summed E-state index contributed by atoms with van der Waals surface area (Å²) in [6.45, 7) is 12.0. The standard InChI is InChI=1S/C15H32N2/c1-4-5-6-7-11-17(12-14(2)3)13-15-9-8-10-16-15/h14-16H,4-13H2,1-3H3. The summed E-state index contributed by atoms with van der Waals surface area (Å²) in [5.41, 5.74) is 0. The van der Waals surface area contributed by atoms with Gasteiger partial charge in [0, 0.05) is 19.1 Å². The first kappa shape index (κ1) is 15.0. The highest BCUT2D eigenvalue weighted by Crippen LogP contribution is 2.10. The van der Waals surface area contributed by atoms with Gasteiger partial charge in [0.15, 0.2) is 0 Å². The van der Waals surface area contributed by atoms with Gasteiger partial charge in [-0.3, -0.25) is 0 Å². The van der Waals surface area contributed by atoms with E-state index in [1.165, 1.54) is 64.7 Å². The van der Waals surface area contributed by atoms with E-state index in [0.29, 0.717) is 0 Å². The lowest BCUT2D eigenvalue weighted by Gasteiger charge is -2.27. The van der Waals surface area contributed by atoms with Gasteiger partial charge in [0.2, 0.25) is 0 Å². The molecule has 1 rings (SSSR count). The Bertz CT molecular complexity index is 174. The van der Waals surface area contributed by atoms with Crippen LogP contribution >= 0.6 is 0 Å². The lowest BCUT2D eigenvalue weighted by Crippen LogP contribution is -2.39. The Labute approximate surface area is 108 Å². The summed E-state index contributed by atoms with van der Waals surface area (Å²) in [7, 11) is 0. The third-order valence-electron chi connectivity index (χ3n) is 3.59. The molecule has 1 N–H and O–H groups in total. The highest BCUT2D eigenvalue weighted by Gasteiger charge is 2.17. The minimum absolute atomic E-state index is 0.764. The number of nitrogens with one attached hydrogen (secondary N) is 1. The zero-order valence-electron chi connectivity index (χ0n) is 12.2. The molecule has 2 heteroatoms. The van der Waals surface area contributed by atoms with Crippen molar-refractivity contribution in [2.24, 2.45) is 5.92 Å². The Morgan fingerprint density at radius 1 is 1.24 bits per heavy atom. The van der Waals surface area contributed by atoms with Crippen LogP contribution in [-0.4, -0.2) is 37.1 Å². The average molecular weight is 240 g/mol. The Morgan fingerprint density at radius 3 is 2.65 bits per heavy atom. The smallest absolute Gasteiger partial charge is 0.0195 e. The molecule has 0 aromatic rings. The van der Waals surface area contributed by atoms with Crippen LogP contribution in [0.5, 0.6) is 0 Å². The molecule has 0 aliphatic carbocycles. The largest absolute Gasteiger partial charge is 0.313 e. The molecule has 0 saturated carbocycles. The lowest BCUT2D eigenvalue weighted by atomic mass is 10.1. The molecule has 0 amide bonds. The van der Waals surface area contributed by atoms with Crippen LogP contribution in [0, 0.1) is 5.92 Å². The molecule has 0 radical (unpaired) electrons. The van der Waals surface area contributed by atoms with Crippen LogP contribution in [0.4, 0.5) is 0 Å². The first-order valence-corrected chi connectivity index (χ1v) is 7.68. The van der Waals surface area contributed by atoms with Crippen LogP contribution in [0.2, 0.25) is 0 Å². The number of hydrogen-bond donors (Lipinski definition) is 1. The van der Waals surface area contributed by atoms with Crippen LogP contribution in [0.1, 0.15) is 59.3 Å². The van der Waals surface area contributed by atoms with Crippen LogP contribution < -0.4 is 5.32 Å². The van der Waals surface area contributed by atoms with Gasteiger partial charge in [-0.25, -0.2) is 0 Å². The van der Waals surface area contributed by atoms with Crippen LogP contribution in [-0.2, 0) is 0 Å². The van der Waals surface area contributed by atoms with Crippen LogP contribution in [0.15, 0.2) is 0 Å². The third kappa shape index (κ3) is 7.05. The van der Waals surface area contributed by atoms with Crippen molar-refractivity contribution in [1.29, 1.82) is 0 Å². The van der Waals surface area contributed by atoms with E-state index in [-0.39, 0.29) is 0 Å². The van der Waals surface area contributed by atoms with E-state index in [9.17, 15) is 0 Å². The van der Waals surface area contributed by atoms with E-state index < -0.39 is 0 Å². The maximum Gasteiger partial charge on any atom is 0.0195 e. The molecule has 17 heavy (non-hydrogen) atoms. The van der Waals surface area contributed by atoms with Gasteiger partial charge in [0.1, 0.15) is 0 Å². The van der Waals surface area contributed by atoms with Crippen molar-refractivity contribution in [1.82, 2.24) is 10.2 Å². The molecule has 1 atom stereocenters. The molecule has 1 fully saturated rings. The number of nitrogens with zero attached hydrogens (tertiary/aromatic N) is 1. The summed E-state index contributed by atoms with van der Waals surface area (Å²) in [6.07, 6.45) is 8.28. The van der Waals surface area contributed by atoms with Crippen molar-refractivity contribution in [3.63, 3.8) is 0 Å². The zero-order valence-corrected chi connectivity index (χ0v) is 12.2. The summed E-state index contributed by atoms with van der Waals surface area (Å²) in [6, 6.07) is 0.764. The third-order valence-corrected chi connectivity index (χ3v) is 3.59. The van der Waals surface area contributed by atoms with Gasteiger partial charge >= 0.3 is 0 Å². The first-order valence-electron chi connectivity index (χ1n) is 7.68. The van der Waals surface area contributed by atoms with Gasteiger partial charge in [-0.1, -0.05) is 40.0 Å². The summed E-state index contributed by atoms with van der Waals surface area (Å²) < 4.78 is 0. The Kier molecular flexibility index (Phi) is 7.87. The molecular weight excluding hydrogens is 208 g/mol. The predicted molar refractivity (Wildman–Crippen MR) is 76.4 cm³/mol. The molecule has 1 aliphatic rings. The van der Waals surface area contributed by atoms with Crippen molar-refractivity contribution in [2.45, 2.75) is 65.3 Å². The van der Waals surface area contributed by atoms with Crippen molar-refractivity contribution in [3.05, 3.63) is 0 Å². The monoisotopic (exact) mass is 240 g/mol. The van der Waals surface area contributed by atoms with Gasteiger partial charge in [-0.15, -0.1) is 0 Å². The van der Waals surface area contributed by atoms with Gasteiger partial charge in [0.25, 0.3) is 0 Å². The van der Waals surface area contributed by atoms with E-state index in [0.717, 1.165) is 12.0 Å². The van der Waals surface area contributed by atoms with Crippen LogP contribution in [0.3, 0.4) is 0 Å². The molecule has 2 nitrogen and oxygen atoms in total. The topological polar surface area (TPSA) is 15.3 Å². The molecule has 1 saturated heterocycles. The fourth-order valence-electron chi connectivity index (χ4n) is 2.76. The van der Waals surface area contributed by atoms with E-state index in [4.69, 9.17) is 0 Å². The zero-order chi connectivity index (χ0) is 12.5.